The molecule has 2 atom stereocenters. The van der Waals surface area contributed by atoms with Gasteiger partial charge >= 0.3 is 6.09 Å². The number of carbonyl (C=O) groups excluding carboxylic acids is 4. The van der Waals surface area contributed by atoms with Gasteiger partial charge in [-0.15, -0.1) is 0 Å². The smallest absolute Gasteiger partial charge is 0.408 e. The van der Waals surface area contributed by atoms with Gasteiger partial charge in [-0.3, -0.25) is 14.4 Å². The molecule has 9 nitrogen and oxygen atoms in total. The molecule has 0 aliphatic heterocycles. The maximum Gasteiger partial charge on any atom is 0.408 e. The first-order chi connectivity index (χ1) is 20.4. The Morgan fingerprint density at radius 3 is 2.16 bits per heavy atom. The first kappa shape index (κ1) is 35.3. The molecule has 0 fully saturated rings. The Morgan fingerprint density at radius 2 is 1.53 bits per heavy atom. The van der Waals surface area contributed by atoms with Crippen molar-refractivity contribution >= 4 is 23.8 Å². The second-order valence-electron chi connectivity index (χ2n) is 12.0. The molecule has 2 unspecified atom stereocenters. The number of nitrogens with two attached hydrogens (primary N) is 1. The molecule has 9 heteroatoms. The Kier molecular flexibility index (Phi) is 14.7. The van der Waals surface area contributed by atoms with Crippen molar-refractivity contribution in [1.29, 1.82) is 0 Å². The Morgan fingerprint density at radius 1 is 0.907 bits per heavy atom. The van der Waals surface area contributed by atoms with Crippen LogP contribution in [0.15, 0.2) is 54.6 Å². The number of rotatable bonds is 17. The molecule has 0 saturated heterocycles. The van der Waals surface area contributed by atoms with Crippen molar-refractivity contribution in [3.63, 3.8) is 0 Å². The van der Waals surface area contributed by atoms with Gasteiger partial charge in [0.15, 0.2) is 0 Å². The van der Waals surface area contributed by atoms with Gasteiger partial charge < -0.3 is 26.0 Å². The van der Waals surface area contributed by atoms with E-state index >= 15 is 0 Å². The second kappa shape index (κ2) is 17.9. The van der Waals surface area contributed by atoms with Crippen LogP contribution < -0.4 is 16.4 Å². The lowest BCUT2D eigenvalue weighted by Gasteiger charge is -2.35. The van der Waals surface area contributed by atoms with Gasteiger partial charge in [0, 0.05) is 19.5 Å². The van der Waals surface area contributed by atoms with Gasteiger partial charge in [-0.25, -0.2) is 4.79 Å². The summed E-state index contributed by atoms with van der Waals surface area (Å²) in [5.41, 5.74) is 7.12. The number of nitrogens with one attached hydrogen (secondary N) is 2. The molecular weight excluding hydrogens is 544 g/mol. The predicted octanol–water partition coefficient (Wildman–Crippen LogP) is 5.70. The summed E-state index contributed by atoms with van der Waals surface area (Å²) in [6.07, 6.45) is 5.04. The number of nitrogens with zero attached hydrogens (tertiary/aromatic N) is 1. The number of primary amides is 1. The molecule has 0 bridgehead atoms. The molecule has 0 aliphatic rings. The topological polar surface area (TPSA) is 131 Å². The van der Waals surface area contributed by atoms with E-state index in [1.165, 1.54) is 0 Å². The van der Waals surface area contributed by atoms with Crippen LogP contribution in [0.2, 0.25) is 0 Å². The summed E-state index contributed by atoms with van der Waals surface area (Å²) >= 11 is 0. The summed E-state index contributed by atoms with van der Waals surface area (Å²) in [7, 11) is 0. The number of alkyl carbamates (subject to hydrolysis) is 1. The van der Waals surface area contributed by atoms with Crippen LogP contribution in [-0.4, -0.2) is 46.9 Å². The standard InChI is InChI=1S/C34H50N4O5/c1-6-7-8-9-10-16-23-38(32(41)28(21-22-29(35)39)37-33(42)43-34(3,4)5)30(27-20-15-14-17-25(27)2)31(40)36-24-26-18-12-11-13-19-26/h11-15,17-20,28,30H,6-10,16,21-24H2,1-5H3,(H2,35,39)(H,36,40)(H,37,42). The van der Waals surface area contributed by atoms with E-state index in [9.17, 15) is 19.2 Å². The molecule has 236 valence electrons. The molecule has 0 radical (unpaired) electrons. The number of amides is 4. The molecule has 0 heterocycles. The summed E-state index contributed by atoms with van der Waals surface area (Å²) in [4.78, 5) is 54.4. The third-order valence-corrected chi connectivity index (χ3v) is 7.06. The SMILES string of the molecule is CCCCCCCCN(C(=O)C(CCC(N)=O)NC(=O)OC(C)(C)C)C(C(=O)NCc1ccccc1)c1ccccc1C. The molecule has 4 amide bonds. The number of benzene rings is 2. The highest BCUT2D eigenvalue weighted by Crippen LogP contribution is 2.27. The minimum atomic E-state index is -1.11. The fourth-order valence-electron chi connectivity index (χ4n) is 4.85. The third-order valence-electron chi connectivity index (χ3n) is 7.06. The molecule has 2 aromatic carbocycles. The minimum absolute atomic E-state index is 0.0213. The van der Waals surface area contributed by atoms with Crippen LogP contribution in [0.3, 0.4) is 0 Å². The first-order valence-electron chi connectivity index (χ1n) is 15.4. The van der Waals surface area contributed by atoms with Crippen LogP contribution >= 0.6 is 0 Å². The van der Waals surface area contributed by atoms with Crippen LogP contribution in [0.1, 0.15) is 102 Å². The highest BCUT2D eigenvalue weighted by atomic mass is 16.6. The lowest BCUT2D eigenvalue weighted by molar-refractivity contribution is -0.143. The number of unbranched alkanes of at least 4 members (excludes halogenated alkanes) is 5. The molecule has 43 heavy (non-hydrogen) atoms. The summed E-state index contributed by atoms with van der Waals surface area (Å²) in [5.74, 6) is -1.39. The fourth-order valence-corrected chi connectivity index (χ4v) is 4.85. The lowest BCUT2D eigenvalue weighted by atomic mass is 9.97. The molecular formula is C34H50N4O5. The van der Waals surface area contributed by atoms with Crippen LogP contribution in [-0.2, 0) is 25.7 Å². The van der Waals surface area contributed by atoms with Gasteiger partial charge in [0.05, 0.1) is 0 Å². The predicted molar refractivity (Wildman–Crippen MR) is 169 cm³/mol. The summed E-state index contributed by atoms with van der Waals surface area (Å²) in [5, 5.41) is 5.67. The third kappa shape index (κ3) is 12.9. The largest absolute Gasteiger partial charge is 0.444 e. The van der Waals surface area contributed by atoms with E-state index in [1.807, 2.05) is 61.5 Å². The normalized spacial score (nSPS) is 12.6. The van der Waals surface area contributed by atoms with Crippen molar-refractivity contribution in [2.75, 3.05) is 6.54 Å². The maximum atomic E-state index is 14.4. The Bertz CT molecular complexity index is 1180. The molecule has 0 saturated carbocycles. The molecule has 4 N–H and O–H groups in total. The van der Waals surface area contributed by atoms with E-state index in [2.05, 4.69) is 17.6 Å². The number of ether oxygens (including phenoxy) is 1. The zero-order chi connectivity index (χ0) is 31.8. The maximum absolute atomic E-state index is 14.4. The van der Waals surface area contributed by atoms with Crippen molar-refractivity contribution in [2.45, 2.75) is 110 Å². The second-order valence-corrected chi connectivity index (χ2v) is 12.0. The van der Waals surface area contributed by atoms with Gasteiger partial charge in [0.2, 0.25) is 17.7 Å². The van der Waals surface area contributed by atoms with Crippen molar-refractivity contribution in [2.24, 2.45) is 5.73 Å². The zero-order valence-electron chi connectivity index (χ0n) is 26.5. The van der Waals surface area contributed by atoms with Gasteiger partial charge in [-0.2, -0.15) is 0 Å². The molecule has 2 aromatic rings. The fraction of sp³-hybridized carbons (Fsp3) is 0.529. The lowest BCUT2D eigenvalue weighted by Crippen LogP contribution is -2.53. The Labute approximate surface area is 256 Å². The van der Waals surface area contributed by atoms with Gasteiger partial charge in [0.1, 0.15) is 17.7 Å². The molecule has 0 spiro atoms. The van der Waals surface area contributed by atoms with E-state index in [1.54, 1.807) is 25.7 Å². The van der Waals surface area contributed by atoms with Crippen molar-refractivity contribution in [3.05, 3.63) is 71.3 Å². The van der Waals surface area contributed by atoms with E-state index in [0.717, 1.165) is 43.2 Å². The highest BCUT2D eigenvalue weighted by Gasteiger charge is 2.36. The Balaban J connectivity index is 2.47. The highest BCUT2D eigenvalue weighted by molar-refractivity contribution is 5.92. The average Bonchev–Trinajstić information content (AvgIpc) is 2.95. The van der Waals surface area contributed by atoms with Crippen molar-refractivity contribution in [1.82, 2.24) is 15.5 Å². The number of aryl methyl sites for hydroxylation is 1. The summed E-state index contributed by atoms with van der Waals surface area (Å²) in [6, 6.07) is 15.0. The van der Waals surface area contributed by atoms with Crippen molar-refractivity contribution in [3.8, 4) is 0 Å². The minimum Gasteiger partial charge on any atom is -0.444 e. The van der Waals surface area contributed by atoms with E-state index in [4.69, 9.17) is 10.5 Å². The van der Waals surface area contributed by atoms with Crippen LogP contribution in [0.25, 0.3) is 0 Å². The molecule has 2 rings (SSSR count). The summed E-state index contributed by atoms with van der Waals surface area (Å²) < 4.78 is 5.42. The van der Waals surface area contributed by atoms with Gasteiger partial charge in [0.25, 0.3) is 0 Å². The van der Waals surface area contributed by atoms with Crippen LogP contribution in [0, 0.1) is 6.92 Å². The average molecular weight is 595 g/mol. The number of carbonyl (C=O) groups is 4. The Hall–Kier alpha value is -3.88. The van der Waals surface area contributed by atoms with Gasteiger partial charge in [-0.05, 0) is 57.2 Å². The van der Waals surface area contributed by atoms with Crippen LogP contribution in [0.5, 0.6) is 0 Å². The van der Waals surface area contributed by atoms with Gasteiger partial charge in [-0.1, -0.05) is 93.6 Å². The van der Waals surface area contributed by atoms with Crippen molar-refractivity contribution < 1.29 is 23.9 Å². The van der Waals surface area contributed by atoms with E-state index in [-0.39, 0.29) is 18.7 Å². The van der Waals surface area contributed by atoms with E-state index < -0.39 is 35.6 Å². The summed E-state index contributed by atoms with van der Waals surface area (Å²) in [6.45, 7) is 9.83. The number of hydrogen-bond donors (Lipinski definition) is 3. The monoisotopic (exact) mass is 594 g/mol. The number of hydrogen-bond acceptors (Lipinski definition) is 5. The first-order valence-corrected chi connectivity index (χ1v) is 15.4. The molecule has 0 aromatic heterocycles. The van der Waals surface area contributed by atoms with Crippen LogP contribution in [0.4, 0.5) is 4.79 Å². The van der Waals surface area contributed by atoms with E-state index in [0.29, 0.717) is 25.1 Å². The molecule has 0 aliphatic carbocycles. The zero-order valence-corrected chi connectivity index (χ0v) is 26.5. The quantitative estimate of drug-likeness (QED) is 0.202.